The number of aryl methyl sites for hydroxylation is 2. The molecule has 3 aromatic rings. The number of thiazole rings is 1. The highest BCUT2D eigenvalue weighted by molar-refractivity contribution is 7.16. The maximum Gasteiger partial charge on any atom is 0.0813 e. The van der Waals surface area contributed by atoms with Crippen LogP contribution in [0.5, 0.6) is 0 Å². The fourth-order valence-electron chi connectivity index (χ4n) is 2.06. The van der Waals surface area contributed by atoms with Crippen molar-refractivity contribution in [2.45, 2.75) is 13.8 Å². The zero-order chi connectivity index (χ0) is 11.1. The summed E-state index contributed by atoms with van der Waals surface area (Å²) in [5.74, 6) is 0. The van der Waals surface area contributed by atoms with E-state index in [4.69, 9.17) is 0 Å². The lowest BCUT2D eigenvalue weighted by atomic mass is 10.3. The Kier molecular flexibility index (Phi) is 2.07. The van der Waals surface area contributed by atoms with Crippen molar-refractivity contribution in [1.82, 2.24) is 9.55 Å². The molecule has 3 rings (SSSR count). The van der Waals surface area contributed by atoms with Gasteiger partial charge in [0, 0.05) is 17.1 Å². The first-order valence-corrected chi connectivity index (χ1v) is 6.12. The molecule has 0 unspecified atom stereocenters. The number of fused-ring (bicyclic) bond motifs is 1. The Labute approximate surface area is 98.2 Å². The summed E-state index contributed by atoms with van der Waals surface area (Å²) in [6.45, 7) is 4.26. The quantitative estimate of drug-likeness (QED) is 0.621. The van der Waals surface area contributed by atoms with Crippen molar-refractivity contribution in [2.24, 2.45) is 0 Å². The first-order valence-electron chi connectivity index (χ1n) is 5.24. The van der Waals surface area contributed by atoms with Gasteiger partial charge in [-0.2, -0.15) is 0 Å². The molecular weight excluding hydrogens is 216 g/mol. The minimum absolute atomic E-state index is 1.08. The summed E-state index contributed by atoms with van der Waals surface area (Å²) in [5, 5.41) is 0. The van der Waals surface area contributed by atoms with Gasteiger partial charge in [-0.15, -0.1) is 11.3 Å². The third-order valence-electron chi connectivity index (χ3n) is 2.84. The zero-order valence-corrected chi connectivity index (χ0v) is 10.1. The van der Waals surface area contributed by atoms with E-state index in [0.717, 1.165) is 5.52 Å². The van der Waals surface area contributed by atoms with Crippen molar-refractivity contribution in [3.63, 3.8) is 0 Å². The second kappa shape index (κ2) is 3.46. The zero-order valence-electron chi connectivity index (χ0n) is 9.27. The van der Waals surface area contributed by atoms with Gasteiger partial charge >= 0.3 is 0 Å². The Balaban J connectivity index is 2.25. The number of benzene rings is 1. The molecule has 0 aliphatic rings. The van der Waals surface area contributed by atoms with E-state index in [1.807, 2.05) is 5.51 Å². The van der Waals surface area contributed by atoms with E-state index < -0.39 is 0 Å². The van der Waals surface area contributed by atoms with Gasteiger partial charge in [0.2, 0.25) is 0 Å². The molecule has 16 heavy (non-hydrogen) atoms. The van der Waals surface area contributed by atoms with Gasteiger partial charge in [0.15, 0.2) is 0 Å². The van der Waals surface area contributed by atoms with E-state index >= 15 is 0 Å². The van der Waals surface area contributed by atoms with Gasteiger partial charge in [-0.1, -0.05) is 0 Å². The van der Waals surface area contributed by atoms with Crippen molar-refractivity contribution in [2.75, 3.05) is 0 Å². The number of aromatic nitrogens is 2. The van der Waals surface area contributed by atoms with Gasteiger partial charge in [0.1, 0.15) is 0 Å². The second-order valence-corrected chi connectivity index (χ2v) is 4.84. The molecule has 0 saturated carbocycles. The van der Waals surface area contributed by atoms with Crippen molar-refractivity contribution >= 4 is 21.6 Å². The monoisotopic (exact) mass is 228 g/mol. The van der Waals surface area contributed by atoms with Crippen molar-refractivity contribution < 1.29 is 0 Å². The molecule has 0 atom stereocenters. The Morgan fingerprint density at radius 1 is 1.06 bits per heavy atom. The summed E-state index contributed by atoms with van der Waals surface area (Å²) in [5.41, 5.74) is 6.72. The van der Waals surface area contributed by atoms with Gasteiger partial charge in [-0.25, -0.2) is 4.98 Å². The summed E-state index contributed by atoms with van der Waals surface area (Å²) in [4.78, 5) is 4.30. The molecule has 3 heteroatoms. The van der Waals surface area contributed by atoms with Crippen LogP contribution < -0.4 is 0 Å². The highest BCUT2D eigenvalue weighted by atomic mass is 32.1. The Hall–Kier alpha value is -1.61. The first kappa shape index (κ1) is 9.60. The van der Waals surface area contributed by atoms with Crippen molar-refractivity contribution in [3.05, 3.63) is 47.2 Å². The van der Waals surface area contributed by atoms with Crippen LogP contribution in [0.1, 0.15) is 11.4 Å². The van der Waals surface area contributed by atoms with E-state index in [2.05, 4.69) is 53.7 Å². The third-order valence-corrected chi connectivity index (χ3v) is 3.64. The molecule has 1 aromatic carbocycles. The van der Waals surface area contributed by atoms with Crippen LogP contribution in [0, 0.1) is 13.8 Å². The Morgan fingerprint density at radius 3 is 2.56 bits per heavy atom. The minimum Gasteiger partial charge on any atom is -0.318 e. The van der Waals surface area contributed by atoms with E-state index in [0.29, 0.717) is 0 Å². The normalized spacial score (nSPS) is 11.1. The molecule has 0 radical (unpaired) electrons. The van der Waals surface area contributed by atoms with Crippen molar-refractivity contribution in [3.8, 4) is 5.69 Å². The lowest BCUT2D eigenvalue weighted by molar-refractivity contribution is 0.968. The molecule has 0 saturated heterocycles. The van der Waals surface area contributed by atoms with Crippen LogP contribution in [0.25, 0.3) is 15.9 Å². The molecule has 2 nitrogen and oxygen atoms in total. The fourth-order valence-corrected chi connectivity index (χ4v) is 2.77. The molecule has 0 aliphatic carbocycles. The molecule has 0 aliphatic heterocycles. The summed E-state index contributed by atoms with van der Waals surface area (Å²) < 4.78 is 3.50. The van der Waals surface area contributed by atoms with Crippen LogP contribution >= 0.6 is 11.3 Å². The third kappa shape index (κ3) is 1.36. The molecular formula is C13H12N2S. The Morgan fingerprint density at radius 2 is 1.81 bits per heavy atom. The summed E-state index contributed by atoms with van der Waals surface area (Å²) in [7, 11) is 0. The summed E-state index contributed by atoms with van der Waals surface area (Å²) in [6.07, 6.45) is 0. The van der Waals surface area contributed by atoms with Crippen molar-refractivity contribution in [1.29, 1.82) is 0 Å². The highest BCUT2D eigenvalue weighted by Crippen LogP contribution is 2.23. The minimum atomic E-state index is 1.08. The fraction of sp³-hybridized carbons (Fsp3) is 0.154. The average Bonchev–Trinajstić information content (AvgIpc) is 2.85. The smallest absolute Gasteiger partial charge is 0.0813 e. The number of nitrogens with zero attached hydrogens (tertiary/aromatic N) is 2. The van der Waals surface area contributed by atoms with Crippen LogP contribution in [0.4, 0.5) is 0 Å². The molecule has 0 fully saturated rings. The SMILES string of the molecule is Cc1ccc(C)n1-c1ccc2ncsc2c1. The number of hydrogen-bond donors (Lipinski definition) is 0. The average molecular weight is 228 g/mol. The van der Waals surface area contributed by atoms with Crippen LogP contribution in [-0.4, -0.2) is 9.55 Å². The first-order chi connectivity index (χ1) is 7.75. The molecule has 0 N–H and O–H groups in total. The van der Waals surface area contributed by atoms with Crippen LogP contribution in [0.15, 0.2) is 35.8 Å². The molecule has 0 amide bonds. The topological polar surface area (TPSA) is 17.8 Å². The van der Waals surface area contributed by atoms with E-state index in [1.54, 1.807) is 11.3 Å². The van der Waals surface area contributed by atoms with Crippen LogP contribution in [0.2, 0.25) is 0 Å². The highest BCUT2D eigenvalue weighted by Gasteiger charge is 2.05. The largest absolute Gasteiger partial charge is 0.318 e. The lowest BCUT2D eigenvalue weighted by Crippen LogP contribution is -1.97. The summed E-state index contributed by atoms with van der Waals surface area (Å²) in [6, 6.07) is 10.7. The van der Waals surface area contributed by atoms with Gasteiger partial charge in [-0.3, -0.25) is 0 Å². The van der Waals surface area contributed by atoms with Gasteiger partial charge in [0.25, 0.3) is 0 Å². The summed E-state index contributed by atoms with van der Waals surface area (Å²) >= 11 is 1.69. The predicted octanol–water partition coefficient (Wildman–Crippen LogP) is 3.70. The van der Waals surface area contributed by atoms with Gasteiger partial charge in [0.05, 0.1) is 15.7 Å². The maximum atomic E-state index is 4.30. The lowest BCUT2D eigenvalue weighted by Gasteiger charge is -2.08. The maximum absolute atomic E-state index is 4.30. The standard InChI is InChI=1S/C13H12N2S/c1-9-3-4-10(2)15(9)11-5-6-12-13(7-11)16-8-14-12/h3-8H,1-2H3. The van der Waals surface area contributed by atoms with E-state index in [-0.39, 0.29) is 0 Å². The Bertz CT molecular complexity index is 629. The van der Waals surface area contributed by atoms with Crippen LogP contribution in [-0.2, 0) is 0 Å². The molecule has 0 spiro atoms. The number of rotatable bonds is 1. The van der Waals surface area contributed by atoms with Gasteiger partial charge < -0.3 is 4.57 Å². The van der Waals surface area contributed by atoms with E-state index in [9.17, 15) is 0 Å². The molecule has 2 heterocycles. The second-order valence-electron chi connectivity index (χ2n) is 3.96. The van der Waals surface area contributed by atoms with E-state index in [1.165, 1.54) is 21.8 Å². The van der Waals surface area contributed by atoms with Gasteiger partial charge in [-0.05, 0) is 44.2 Å². The molecule has 80 valence electrons. The number of hydrogen-bond acceptors (Lipinski definition) is 2. The van der Waals surface area contributed by atoms with Crippen LogP contribution in [0.3, 0.4) is 0 Å². The molecule has 2 aromatic heterocycles. The predicted molar refractivity (Wildman–Crippen MR) is 68.4 cm³/mol. The molecule has 0 bridgehead atoms.